The molecule has 1 aromatic carbocycles. The van der Waals surface area contributed by atoms with Crippen molar-refractivity contribution in [1.82, 2.24) is 9.80 Å². The van der Waals surface area contributed by atoms with E-state index < -0.39 is 0 Å². The molecule has 3 rings (SSSR count). The van der Waals surface area contributed by atoms with Gasteiger partial charge in [-0.25, -0.2) is 0 Å². The molecule has 0 unspecified atom stereocenters. The van der Waals surface area contributed by atoms with Gasteiger partial charge in [-0.3, -0.25) is 9.59 Å². The standard InChI is InChI=1S/C19H23N3O3/c1-14-5-6-16(12-15(14)2)20-13-18(23)21-7-9-22(10-8-21)19(24)17-4-3-11-25-17/h3-6,11-12,20H,7-10,13H2,1-2H3. The first-order valence-electron chi connectivity index (χ1n) is 8.46. The molecule has 25 heavy (non-hydrogen) atoms. The van der Waals surface area contributed by atoms with Gasteiger partial charge in [0.1, 0.15) is 0 Å². The highest BCUT2D eigenvalue weighted by atomic mass is 16.3. The van der Waals surface area contributed by atoms with E-state index in [2.05, 4.69) is 19.2 Å². The maximum atomic E-state index is 12.4. The summed E-state index contributed by atoms with van der Waals surface area (Å²) in [4.78, 5) is 28.1. The molecule has 1 N–H and O–H groups in total. The summed E-state index contributed by atoms with van der Waals surface area (Å²) in [5, 5.41) is 3.18. The first-order valence-corrected chi connectivity index (χ1v) is 8.46. The third-order valence-electron chi connectivity index (χ3n) is 4.60. The fourth-order valence-electron chi connectivity index (χ4n) is 2.86. The minimum absolute atomic E-state index is 0.0447. The largest absolute Gasteiger partial charge is 0.459 e. The predicted molar refractivity (Wildman–Crippen MR) is 95.6 cm³/mol. The van der Waals surface area contributed by atoms with Crippen LogP contribution in [0.25, 0.3) is 0 Å². The molecule has 6 nitrogen and oxygen atoms in total. The molecule has 132 valence electrons. The third kappa shape index (κ3) is 4.02. The lowest BCUT2D eigenvalue weighted by atomic mass is 10.1. The van der Waals surface area contributed by atoms with Crippen LogP contribution in [-0.4, -0.2) is 54.3 Å². The summed E-state index contributed by atoms with van der Waals surface area (Å²) in [5.41, 5.74) is 3.37. The van der Waals surface area contributed by atoms with Gasteiger partial charge in [-0.1, -0.05) is 6.07 Å². The Balaban J connectivity index is 1.48. The topological polar surface area (TPSA) is 65.8 Å². The van der Waals surface area contributed by atoms with Gasteiger partial charge < -0.3 is 19.5 Å². The Morgan fingerprint density at radius 2 is 1.76 bits per heavy atom. The average molecular weight is 341 g/mol. The summed E-state index contributed by atoms with van der Waals surface area (Å²) < 4.78 is 5.15. The monoisotopic (exact) mass is 341 g/mol. The number of rotatable bonds is 4. The van der Waals surface area contributed by atoms with E-state index in [9.17, 15) is 9.59 Å². The van der Waals surface area contributed by atoms with Crippen molar-refractivity contribution in [3.63, 3.8) is 0 Å². The molecule has 2 aromatic rings. The van der Waals surface area contributed by atoms with Crippen LogP contribution in [0.3, 0.4) is 0 Å². The summed E-state index contributed by atoms with van der Waals surface area (Å²) in [6, 6.07) is 9.43. The summed E-state index contributed by atoms with van der Waals surface area (Å²) >= 11 is 0. The molecule has 2 amide bonds. The first-order chi connectivity index (χ1) is 12.0. The van der Waals surface area contributed by atoms with Crippen molar-refractivity contribution < 1.29 is 14.0 Å². The third-order valence-corrected chi connectivity index (χ3v) is 4.60. The van der Waals surface area contributed by atoms with Crippen molar-refractivity contribution in [2.75, 3.05) is 38.0 Å². The fourth-order valence-corrected chi connectivity index (χ4v) is 2.86. The highest BCUT2D eigenvalue weighted by molar-refractivity contribution is 5.91. The van der Waals surface area contributed by atoms with Crippen LogP contribution in [0.15, 0.2) is 41.0 Å². The second kappa shape index (κ2) is 7.42. The SMILES string of the molecule is Cc1ccc(NCC(=O)N2CCN(C(=O)c3ccco3)CC2)cc1C. The maximum Gasteiger partial charge on any atom is 0.289 e. The number of aryl methyl sites for hydroxylation is 2. The normalized spacial score (nSPS) is 14.5. The lowest BCUT2D eigenvalue weighted by Gasteiger charge is -2.34. The van der Waals surface area contributed by atoms with Crippen molar-refractivity contribution in [3.05, 3.63) is 53.5 Å². The van der Waals surface area contributed by atoms with E-state index in [1.165, 1.54) is 17.4 Å². The molecule has 0 radical (unpaired) electrons. The highest BCUT2D eigenvalue weighted by Gasteiger charge is 2.25. The summed E-state index contributed by atoms with van der Waals surface area (Å²) in [6.07, 6.45) is 1.49. The van der Waals surface area contributed by atoms with Crippen LogP contribution in [0, 0.1) is 13.8 Å². The van der Waals surface area contributed by atoms with Crippen molar-refractivity contribution in [3.8, 4) is 0 Å². The molecule has 1 saturated heterocycles. The fraction of sp³-hybridized carbons (Fsp3) is 0.368. The number of hydrogen-bond acceptors (Lipinski definition) is 4. The summed E-state index contributed by atoms with van der Waals surface area (Å²) in [6.45, 7) is 6.50. The molecule has 0 saturated carbocycles. The number of nitrogens with zero attached hydrogens (tertiary/aromatic N) is 2. The minimum Gasteiger partial charge on any atom is -0.459 e. The van der Waals surface area contributed by atoms with Gasteiger partial charge in [-0.2, -0.15) is 0 Å². The quantitative estimate of drug-likeness (QED) is 0.927. The zero-order valence-corrected chi connectivity index (χ0v) is 14.6. The highest BCUT2D eigenvalue weighted by Crippen LogP contribution is 2.14. The van der Waals surface area contributed by atoms with Gasteiger partial charge in [-0.15, -0.1) is 0 Å². The van der Waals surface area contributed by atoms with E-state index in [-0.39, 0.29) is 18.4 Å². The average Bonchev–Trinajstić information content (AvgIpc) is 3.16. The maximum absolute atomic E-state index is 12.4. The van der Waals surface area contributed by atoms with E-state index in [1.807, 2.05) is 18.2 Å². The van der Waals surface area contributed by atoms with E-state index in [0.717, 1.165) is 5.69 Å². The number of benzene rings is 1. The molecule has 0 aliphatic carbocycles. The van der Waals surface area contributed by atoms with Gasteiger partial charge in [0, 0.05) is 31.9 Å². The number of carbonyl (C=O) groups excluding carboxylic acids is 2. The van der Waals surface area contributed by atoms with Gasteiger partial charge in [0.2, 0.25) is 5.91 Å². The first kappa shape index (κ1) is 17.1. The number of carbonyl (C=O) groups is 2. The smallest absolute Gasteiger partial charge is 0.289 e. The Kier molecular flexibility index (Phi) is 5.07. The number of piperazine rings is 1. The number of anilines is 1. The summed E-state index contributed by atoms with van der Waals surface area (Å²) in [5.74, 6) is 0.268. The van der Waals surface area contributed by atoms with Crippen LogP contribution in [-0.2, 0) is 4.79 Å². The lowest BCUT2D eigenvalue weighted by molar-refractivity contribution is -0.130. The molecular formula is C19H23N3O3. The second-order valence-electron chi connectivity index (χ2n) is 6.30. The molecule has 1 aliphatic rings. The van der Waals surface area contributed by atoms with Crippen LogP contribution < -0.4 is 5.32 Å². The van der Waals surface area contributed by atoms with Gasteiger partial charge in [-0.05, 0) is 49.2 Å². The molecule has 2 heterocycles. The van der Waals surface area contributed by atoms with Gasteiger partial charge >= 0.3 is 0 Å². The Hall–Kier alpha value is -2.76. The van der Waals surface area contributed by atoms with Crippen LogP contribution in [0.4, 0.5) is 5.69 Å². The predicted octanol–water partition coefficient (Wildman–Crippen LogP) is 2.29. The van der Waals surface area contributed by atoms with Crippen molar-refractivity contribution in [1.29, 1.82) is 0 Å². The zero-order chi connectivity index (χ0) is 17.8. The lowest BCUT2D eigenvalue weighted by Crippen LogP contribution is -2.51. The Bertz CT molecular complexity index is 747. The zero-order valence-electron chi connectivity index (χ0n) is 14.6. The number of furan rings is 1. The molecule has 1 fully saturated rings. The number of hydrogen-bond donors (Lipinski definition) is 1. The number of amides is 2. The van der Waals surface area contributed by atoms with E-state index >= 15 is 0 Å². The van der Waals surface area contributed by atoms with Crippen LogP contribution >= 0.6 is 0 Å². The van der Waals surface area contributed by atoms with E-state index in [0.29, 0.717) is 31.9 Å². The van der Waals surface area contributed by atoms with Gasteiger partial charge in [0.05, 0.1) is 12.8 Å². The number of nitrogens with one attached hydrogen (secondary N) is 1. The Labute approximate surface area is 147 Å². The van der Waals surface area contributed by atoms with Crippen LogP contribution in [0.2, 0.25) is 0 Å². The van der Waals surface area contributed by atoms with Crippen LogP contribution in [0.5, 0.6) is 0 Å². The van der Waals surface area contributed by atoms with E-state index in [1.54, 1.807) is 21.9 Å². The van der Waals surface area contributed by atoms with Gasteiger partial charge in [0.25, 0.3) is 5.91 Å². The Morgan fingerprint density at radius 1 is 1.04 bits per heavy atom. The Morgan fingerprint density at radius 3 is 2.40 bits per heavy atom. The molecule has 0 atom stereocenters. The van der Waals surface area contributed by atoms with Gasteiger partial charge in [0.15, 0.2) is 5.76 Å². The molecule has 0 spiro atoms. The molecule has 0 bridgehead atoms. The minimum atomic E-state index is -0.120. The van der Waals surface area contributed by atoms with Crippen LogP contribution in [0.1, 0.15) is 21.7 Å². The molecule has 1 aromatic heterocycles. The summed E-state index contributed by atoms with van der Waals surface area (Å²) in [7, 11) is 0. The van der Waals surface area contributed by atoms with Crippen molar-refractivity contribution in [2.45, 2.75) is 13.8 Å². The molecule has 6 heteroatoms. The molecule has 1 aliphatic heterocycles. The van der Waals surface area contributed by atoms with Crippen molar-refractivity contribution >= 4 is 17.5 Å². The molecular weight excluding hydrogens is 318 g/mol. The van der Waals surface area contributed by atoms with E-state index in [4.69, 9.17) is 4.42 Å². The second-order valence-corrected chi connectivity index (χ2v) is 6.30. The van der Waals surface area contributed by atoms with Crippen molar-refractivity contribution in [2.24, 2.45) is 0 Å².